The highest BCUT2D eigenvalue weighted by Gasteiger charge is 2.23. The summed E-state index contributed by atoms with van der Waals surface area (Å²) in [6.45, 7) is 2.14. The normalized spacial score (nSPS) is 18.0. The first-order valence-electron chi connectivity index (χ1n) is 8.44. The van der Waals surface area contributed by atoms with E-state index in [1.54, 1.807) is 5.48 Å². The van der Waals surface area contributed by atoms with Gasteiger partial charge in [0.2, 0.25) is 0 Å². The van der Waals surface area contributed by atoms with Crippen LogP contribution >= 0.6 is 0 Å². The molecule has 7 nitrogen and oxygen atoms in total. The minimum Gasteiger partial charge on any atom is -0.325 e. The van der Waals surface area contributed by atoms with Crippen LogP contribution in [0.3, 0.4) is 0 Å². The molecule has 0 radical (unpaired) electrons. The molecule has 1 atom stereocenters. The Bertz CT molecular complexity index is 706. The van der Waals surface area contributed by atoms with Crippen molar-refractivity contribution in [1.82, 2.24) is 19.9 Å². The number of aryl methyl sites for hydroxylation is 1. The van der Waals surface area contributed by atoms with Gasteiger partial charge in [-0.1, -0.05) is 12.1 Å². The Kier molecular flexibility index (Phi) is 5.13. The Morgan fingerprint density at radius 3 is 2.83 bits per heavy atom. The van der Waals surface area contributed by atoms with Crippen molar-refractivity contribution in [3.05, 3.63) is 30.1 Å². The summed E-state index contributed by atoms with van der Waals surface area (Å²) in [6, 6.07) is 7.83. The van der Waals surface area contributed by atoms with Crippen LogP contribution in [-0.4, -0.2) is 51.7 Å². The topological polar surface area (TPSA) is 96.4 Å². The average molecular weight is 331 g/mol. The summed E-state index contributed by atoms with van der Waals surface area (Å²) in [4.78, 5) is 18.5. The molecular weight excluding hydrogens is 306 g/mol. The molecule has 1 aliphatic rings. The number of para-hydroxylation sites is 2. The highest BCUT2D eigenvalue weighted by molar-refractivity contribution is 5.80. The number of hydroxylamine groups is 1. The second-order valence-corrected chi connectivity index (χ2v) is 6.54. The molecule has 2 heterocycles. The molecule has 1 aromatic carbocycles. The van der Waals surface area contributed by atoms with Gasteiger partial charge in [0.1, 0.15) is 5.82 Å². The third kappa shape index (κ3) is 3.43. The maximum absolute atomic E-state index is 11.4. The number of carbonyl (C=O) groups is 1. The number of likely N-dealkylation sites (tertiary alicyclic amines) is 1. The molecule has 130 valence electrons. The van der Waals surface area contributed by atoms with E-state index < -0.39 is 11.9 Å². The second-order valence-electron chi connectivity index (χ2n) is 6.54. The van der Waals surface area contributed by atoms with Crippen molar-refractivity contribution in [2.75, 3.05) is 20.1 Å². The third-order valence-electron chi connectivity index (χ3n) is 4.85. The maximum atomic E-state index is 11.4. The van der Waals surface area contributed by atoms with Crippen molar-refractivity contribution in [3.8, 4) is 0 Å². The monoisotopic (exact) mass is 331 g/mol. The molecular formula is C17H25N5O2. The van der Waals surface area contributed by atoms with Gasteiger partial charge < -0.3 is 15.2 Å². The number of carbonyl (C=O) groups excluding carboxylic acids is 1. The van der Waals surface area contributed by atoms with Gasteiger partial charge in [0.25, 0.3) is 5.91 Å². The largest absolute Gasteiger partial charge is 0.325 e. The van der Waals surface area contributed by atoms with E-state index in [1.807, 2.05) is 18.2 Å². The molecule has 1 amide bonds. The van der Waals surface area contributed by atoms with Gasteiger partial charge in [0.15, 0.2) is 0 Å². The molecule has 0 aliphatic carbocycles. The van der Waals surface area contributed by atoms with E-state index >= 15 is 0 Å². The van der Waals surface area contributed by atoms with Gasteiger partial charge in [-0.15, -0.1) is 0 Å². The zero-order valence-corrected chi connectivity index (χ0v) is 14.0. The number of hydrogen-bond donors (Lipinski definition) is 3. The highest BCUT2D eigenvalue weighted by atomic mass is 16.5. The van der Waals surface area contributed by atoms with E-state index in [4.69, 9.17) is 15.9 Å². The number of nitrogens with zero attached hydrogens (tertiary/aromatic N) is 3. The summed E-state index contributed by atoms with van der Waals surface area (Å²) in [6.07, 6.45) is 3.23. The lowest BCUT2D eigenvalue weighted by Crippen LogP contribution is -2.39. The molecule has 1 aliphatic heterocycles. The lowest BCUT2D eigenvalue weighted by molar-refractivity contribution is -0.130. The summed E-state index contributed by atoms with van der Waals surface area (Å²) >= 11 is 0. The van der Waals surface area contributed by atoms with Crippen molar-refractivity contribution < 1.29 is 10.0 Å². The minimum atomic E-state index is -0.735. The zero-order valence-electron chi connectivity index (χ0n) is 14.0. The fraction of sp³-hybridized carbons (Fsp3) is 0.529. The van der Waals surface area contributed by atoms with Crippen molar-refractivity contribution in [2.24, 2.45) is 5.73 Å². The fourth-order valence-electron chi connectivity index (χ4n) is 3.43. The van der Waals surface area contributed by atoms with Crippen LogP contribution in [0.4, 0.5) is 0 Å². The minimum absolute atomic E-state index is 0.423. The number of piperidine rings is 1. The van der Waals surface area contributed by atoms with Gasteiger partial charge in [-0.2, -0.15) is 0 Å². The number of aromatic nitrogens is 2. The highest BCUT2D eigenvalue weighted by Crippen LogP contribution is 2.29. The first kappa shape index (κ1) is 16.9. The first-order chi connectivity index (χ1) is 11.6. The van der Waals surface area contributed by atoms with Gasteiger partial charge in [0.05, 0.1) is 17.1 Å². The molecule has 7 heteroatoms. The van der Waals surface area contributed by atoms with E-state index in [-0.39, 0.29) is 0 Å². The average Bonchev–Trinajstić information content (AvgIpc) is 2.98. The molecule has 1 fully saturated rings. The molecule has 1 aromatic heterocycles. The summed E-state index contributed by atoms with van der Waals surface area (Å²) < 4.78 is 2.33. The van der Waals surface area contributed by atoms with E-state index in [1.165, 1.54) is 0 Å². The molecule has 24 heavy (non-hydrogen) atoms. The molecule has 0 spiro atoms. The number of nitrogens with two attached hydrogens (primary N) is 1. The van der Waals surface area contributed by atoms with Crippen molar-refractivity contribution >= 4 is 16.9 Å². The number of rotatable bonds is 5. The number of amides is 1. The Balaban J connectivity index is 1.86. The van der Waals surface area contributed by atoms with Crippen molar-refractivity contribution in [3.63, 3.8) is 0 Å². The molecule has 0 bridgehead atoms. The Labute approximate surface area is 141 Å². The van der Waals surface area contributed by atoms with Crippen LogP contribution in [0.1, 0.15) is 31.1 Å². The standard InChI is InChI=1S/C17H25N5O2/c1-21-10-8-12(9-11-21)22-15-5-3-2-4-14(15)19-16(22)7-6-13(18)17(23)20-24/h2-5,12-13,24H,6-11,18H2,1H3,(H,20,23)/t13-/m0/s1. The van der Waals surface area contributed by atoms with Gasteiger partial charge >= 0.3 is 0 Å². The number of hydrogen-bond acceptors (Lipinski definition) is 5. The van der Waals surface area contributed by atoms with Crippen molar-refractivity contribution in [2.45, 2.75) is 37.8 Å². The first-order valence-corrected chi connectivity index (χ1v) is 8.44. The number of imidazole rings is 1. The van der Waals surface area contributed by atoms with Crippen LogP contribution in [0.5, 0.6) is 0 Å². The van der Waals surface area contributed by atoms with Crippen LogP contribution in [-0.2, 0) is 11.2 Å². The van der Waals surface area contributed by atoms with Crippen LogP contribution in [0.25, 0.3) is 11.0 Å². The molecule has 0 saturated carbocycles. The summed E-state index contributed by atoms with van der Waals surface area (Å²) in [5.74, 6) is 0.406. The SMILES string of the molecule is CN1CCC(n2c(CC[C@H](N)C(=O)NO)nc3ccccc32)CC1. The Morgan fingerprint density at radius 2 is 2.12 bits per heavy atom. The van der Waals surface area contributed by atoms with Crippen LogP contribution in [0.15, 0.2) is 24.3 Å². The van der Waals surface area contributed by atoms with Gasteiger partial charge in [-0.05, 0) is 51.5 Å². The Hall–Kier alpha value is -1.96. The summed E-state index contributed by atoms with van der Waals surface area (Å²) in [5, 5.41) is 8.70. The predicted octanol–water partition coefficient (Wildman–Crippen LogP) is 1.07. The van der Waals surface area contributed by atoms with Crippen LogP contribution in [0.2, 0.25) is 0 Å². The second kappa shape index (κ2) is 7.29. The van der Waals surface area contributed by atoms with Crippen LogP contribution in [0, 0.1) is 0 Å². The maximum Gasteiger partial charge on any atom is 0.260 e. The Morgan fingerprint density at radius 1 is 1.42 bits per heavy atom. The molecule has 3 rings (SSSR count). The van der Waals surface area contributed by atoms with E-state index in [2.05, 4.69) is 22.6 Å². The lowest BCUT2D eigenvalue weighted by Gasteiger charge is -2.31. The summed E-state index contributed by atoms with van der Waals surface area (Å²) in [7, 11) is 2.15. The quantitative estimate of drug-likeness (QED) is 0.562. The lowest BCUT2D eigenvalue weighted by atomic mass is 10.0. The number of benzene rings is 1. The van der Waals surface area contributed by atoms with Gasteiger partial charge in [-0.25, -0.2) is 10.5 Å². The number of fused-ring (bicyclic) bond motifs is 1. The van der Waals surface area contributed by atoms with E-state index in [0.717, 1.165) is 42.8 Å². The van der Waals surface area contributed by atoms with E-state index in [0.29, 0.717) is 18.9 Å². The van der Waals surface area contributed by atoms with Crippen molar-refractivity contribution in [1.29, 1.82) is 0 Å². The fourth-order valence-corrected chi connectivity index (χ4v) is 3.43. The molecule has 1 saturated heterocycles. The predicted molar refractivity (Wildman–Crippen MR) is 91.7 cm³/mol. The van der Waals surface area contributed by atoms with Crippen LogP contribution < -0.4 is 11.2 Å². The third-order valence-corrected chi connectivity index (χ3v) is 4.85. The molecule has 4 N–H and O–H groups in total. The molecule has 2 aromatic rings. The smallest absolute Gasteiger partial charge is 0.260 e. The van der Waals surface area contributed by atoms with Gasteiger partial charge in [0, 0.05) is 12.5 Å². The van der Waals surface area contributed by atoms with Gasteiger partial charge in [-0.3, -0.25) is 10.0 Å². The molecule has 0 unspecified atom stereocenters. The zero-order chi connectivity index (χ0) is 17.1. The summed E-state index contributed by atoms with van der Waals surface area (Å²) in [5.41, 5.74) is 9.53. The van der Waals surface area contributed by atoms with E-state index in [9.17, 15) is 4.79 Å². The number of nitrogens with one attached hydrogen (secondary N) is 1.